The lowest BCUT2D eigenvalue weighted by molar-refractivity contribution is 0.173. The fourth-order valence-electron chi connectivity index (χ4n) is 5.23. The van der Waals surface area contributed by atoms with Crippen molar-refractivity contribution >= 4 is 0 Å². The van der Waals surface area contributed by atoms with E-state index in [-0.39, 0.29) is 6.04 Å². The van der Waals surface area contributed by atoms with Crippen LogP contribution in [0, 0.1) is 25.2 Å². The third kappa shape index (κ3) is 5.13. The smallest absolute Gasteiger partial charge is 0.231 e. The van der Waals surface area contributed by atoms with Crippen LogP contribution in [0.1, 0.15) is 52.3 Å². The first-order chi connectivity index (χ1) is 17.1. The van der Waals surface area contributed by atoms with Crippen LogP contribution in [0.25, 0.3) is 0 Å². The molecule has 0 bridgehead atoms. The SMILES string of the molecule is Cc1cc2c(cc1CCC1c3cc(C)c(OCc4ccccc4)cc3CCN1CCC#N)OCO2. The molecule has 2 aliphatic heterocycles. The molecular weight excluding hydrogens is 436 g/mol. The molecule has 0 saturated carbocycles. The Morgan fingerprint density at radius 3 is 2.63 bits per heavy atom. The number of hydrogen-bond acceptors (Lipinski definition) is 5. The number of hydrogen-bond donors (Lipinski definition) is 0. The summed E-state index contributed by atoms with van der Waals surface area (Å²) in [6.45, 7) is 6.90. The van der Waals surface area contributed by atoms with Crippen LogP contribution in [0.15, 0.2) is 54.6 Å². The Bertz CT molecular complexity index is 1230. The maximum absolute atomic E-state index is 9.23. The highest BCUT2D eigenvalue weighted by Crippen LogP contribution is 2.39. The van der Waals surface area contributed by atoms with Crippen molar-refractivity contribution in [3.8, 4) is 23.3 Å². The van der Waals surface area contributed by atoms with E-state index in [9.17, 15) is 5.26 Å². The Balaban J connectivity index is 1.37. The van der Waals surface area contributed by atoms with Crippen LogP contribution in [0.3, 0.4) is 0 Å². The molecule has 5 heteroatoms. The van der Waals surface area contributed by atoms with Gasteiger partial charge in [-0.25, -0.2) is 0 Å². The number of nitrogens with zero attached hydrogens (tertiary/aromatic N) is 2. The lowest BCUT2D eigenvalue weighted by Crippen LogP contribution is -2.36. The summed E-state index contributed by atoms with van der Waals surface area (Å²) in [5.74, 6) is 2.64. The van der Waals surface area contributed by atoms with Crippen LogP contribution in [0.5, 0.6) is 17.2 Å². The molecule has 180 valence electrons. The van der Waals surface area contributed by atoms with Gasteiger partial charge in [0.25, 0.3) is 0 Å². The van der Waals surface area contributed by atoms with Crippen LogP contribution in [0.2, 0.25) is 0 Å². The number of fused-ring (bicyclic) bond motifs is 2. The zero-order chi connectivity index (χ0) is 24.2. The molecular formula is C30H32N2O3. The van der Waals surface area contributed by atoms with Gasteiger partial charge in [-0.3, -0.25) is 4.90 Å². The molecule has 0 saturated heterocycles. The van der Waals surface area contributed by atoms with E-state index in [0.717, 1.165) is 55.2 Å². The molecule has 2 aliphatic rings. The largest absolute Gasteiger partial charge is 0.489 e. The van der Waals surface area contributed by atoms with Gasteiger partial charge < -0.3 is 14.2 Å². The van der Waals surface area contributed by atoms with Crippen molar-refractivity contribution in [2.75, 3.05) is 19.9 Å². The van der Waals surface area contributed by atoms with Gasteiger partial charge >= 0.3 is 0 Å². The lowest BCUT2D eigenvalue weighted by atomic mass is 9.87. The number of nitriles is 1. The Hall–Kier alpha value is -3.49. The second-order valence-corrected chi connectivity index (χ2v) is 9.47. The number of rotatable bonds is 8. The molecule has 3 aromatic carbocycles. The van der Waals surface area contributed by atoms with E-state index in [4.69, 9.17) is 14.2 Å². The molecule has 0 aliphatic carbocycles. The molecule has 35 heavy (non-hydrogen) atoms. The van der Waals surface area contributed by atoms with Crippen molar-refractivity contribution in [2.45, 2.75) is 52.2 Å². The molecule has 1 unspecified atom stereocenters. The zero-order valence-corrected chi connectivity index (χ0v) is 20.5. The Labute approximate surface area is 207 Å². The van der Waals surface area contributed by atoms with Gasteiger partial charge in [0.1, 0.15) is 12.4 Å². The minimum atomic E-state index is 0.277. The van der Waals surface area contributed by atoms with Gasteiger partial charge in [0.05, 0.1) is 6.07 Å². The van der Waals surface area contributed by atoms with E-state index in [0.29, 0.717) is 19.8 Å². The van der Waals surface area contributed by atoms with Crippen molar-refractivity contribution in [3.63, 3.8) is 0 Å². The summed E-state index contributed by atoms with van der Waals surface area (Å²) in [5.41, 5.74) is 7.59. The summed E-state index contributed by atoms with van der Waals surface area (Å²) in [5, 5.41) is 9.23. The quantitative estimate of drug-likeness (QED) is 0.402. The molecule has 3 aromatic rings. The molecule has 0 aromatic heterocycles. The van der Waals surface area contributed by atoms with Gasteiger partial charge in [0.2, 0.25) is 6.79 Å². The second-order valence-electron chi connectivity index (χ2n) is 9.47. The molecule has 2 heterocycles. The van der Waals surface area contributed by atoms with Crippen molar-refractivity contribution in [3.05, 3.63) is 88.0 Å². The van der Waals surface area contributed by atoms with E-state index in [1.54, 1.807) is 0 Å². The van der Waals surface area contributed by atoms with Gasteiger partial charge in [0, 0.05) is 25.6 Å². The molecule has 5 rings (SSSR count). The molecule has 0 N–H and O–H groups in total. The minimum absolute atomic E-state index is 0.277. The average molecular weight is 469 g/mol. The first-order valence-electron chi connectivity index (χ1n) is 12.4. The van der Waals surface area contributed by atoms with Gasteiger partial charge in [-0.05, 0) is 84.7 Å². The summed E-state index contributed by atoms with van der Waals surface area (Å²) < 4.78 is 17.4. The fraction of sp³-hybridized carbons (Fsp3) is 0.367. The predicted molar refractivity (Wildman–Crippen MR) is 136 cm³/mol. The zero-order valence-electron chi connectivity index (χ0n) is 20.5. The van der Waals surface area contributed by atoms with Crippen molar-refractivity contribution in [1.82, 2.24) is 4.90 Å². The second kappa shape index (κ2) is 10.4. The van der Waals surface area contributed by atoms with Crippen LogP contribution in [-0.4, -0.2) is 24.8 Å². The van der Waals surface area contributed by atoms with E-state index in [1.165, 1.54) is 27.8 Å². The Kier molecular flexibility index (Phi) is 6.92. The van der Waals surface area contributed by atoms with Crippen molar-refractivity contribution in [1.29, 1.82) is 5.26 Å². The van der Waals surface area contributed by atoms with E-state index >= 15 is 0 Å². The number of aryl methyl sites for hydroxylation is 3. The summed E-state index contributed by atoms with van der Waals surface area (Å²) in [7, 11) is 0. The lowest BCUT2D eigenvalue weighted by Gasteiger charge is -2.38. The van der Waals surface area contributed by atoms with Crippen LogP contribution in [0.4, 0.5) is 0 Å². The van der Waals surface area contributed by atoms with Gasteiger partial charge in [-0.1, -0.05) is 36.4 Å². The van der Waals surface area contributed by atoms with Crippen LogP contribution < -0.4 is 14.2 Å². The van der Waals surface area contributed by atoms with Crippen molar-refractivity contribution < 1.29 is 14.2 Å². The maximum Gasteiger partial charge on any atom is 0.231 e. The van der Waals surface area contributed by atoms with Crippen LogP contribution in [-0.2, 0) is 19.4 Å². The Morgan fingerprint density at radius 2 is 1.83 bits per heavy atom. The van der Waals surface area contributed by atoms with Crippen LogP contribution >= 0.6 is 0 Å². The van der Waals surface area contributed by atoms with Gasteiger partial charge in [-0.2, -0.15) is 5.26 Å². The number of benzene rings is 3. The highest BCUT2D eigenvalue weighted by molar-refractivity contribution is 5.49. The maximum atomic E-state index is 9.23. The first kappa shape index (κ1) is 23.3. The van der Waals surface area contributed by atoms with Gasteiger partial charge in [0.15, 0.2) is 11.5 Å². The predicted octanol–water partition coefficient (Wildman–Crippen LogP) is 6.06. The number of ether oxygens (including phenoxy) is 3. The highest BCUT2D eigenvalue weighted by atomic mass is 16.7. The topological polar surface area (TPSA) is 54.7 Å². The van der Waals surface area contributed by atoms with E-state index in [2.05, 4.69) is 61.2 Å². The first-order valence-corrected chi connectivity index (χ1v) is 12.4. The Morgan fingerprint density at radius 1 is 1.03 bits per heavy atom. The molecule has 0 radical (unpaired) electrons. The monoisotopic (exact) mass is 468 g/mol. The standard InChI is InChI=1S/C30H32N2O3/c1-21-16-29-30(35-20-34-29)17-24(21)9-10-27-26-15-22(2)28(33-19-23-7-4-3-5-8-23)18-25(26)11-14-32(27)13-6-12-31/h3-5,7-8,15-18,27H,6,9-11,13-14,19-20H2,1-2H3. The molecule has 5 nitrogen and oxygen atoms in total. The minimum Gasteiger partial charge on any atom is -0.489 e. The average Bonchev–Trinajstić information content (AvgIpc) is 3.32. The highest BCUT2D eigenvalue weighted by Gasteiger charge is 2.28. The summed E-state index contributed by atoms with van der Waals surface area (Å²) >= 11 is 0. The summed E-state index contributed by atoms with van der Waals surface area (Å²) in [6, 6.07) is 21.7. The van der Waals surface area contributed by atoms with E-state index in [1.807, 2.05) is 18.2 Å². The normalized spacial score (nSPS) is 16.5. The molecule has 0 fully saturated rings. The molecule has 0 amide bonds. The van der Waals surface area contributed by atoms with E-state index < -0.39 is 0 Å². The molecule has 1 atom stereocenters. The third-order valence-corrected chi connectivity index (χ3v) is 7.17. The summed E-state index contributed by atoms with van der Waals surface area (Å²) in [4.78, 5) is 2.48. The van der Waals surface area contributed by atoms with Crippen molar-refractivity contribution in [2.24, 2.45) is 0 Å². The van der Waals surface area contributed by atoms with Gasteiger partial charge in [-0.15, -0.1) is 0 Å². The molecule has 0 spiro atoms. The third-order valence-electron chi connectivity index (χ3n) is 7.17. The fourth-order valence-corrected chi connectivity index (χ4v) is 5.23. The summed E-state index contributed by atoms with van der Waals surface area (Å²) in [6.07, 6.45) is 3.46.